The Bertz CT molecular complexity index is 732. The summed E-state index contributed by atoms with van der Waals surface area (Å²) in [6.45, 7) is 2.64. The quantitative estimate of drug-likeness (QED) is 0.765. The Hall–Kier alpha value is -1.89. The lowest BCUT2D eigenvalue weighted by atomic mass is 10.0. The Balaban J connectivity index is 1.85. The Morgan fingerprint density at radius 2 is 1.96 bits per heavy atom. The van der Waals surface area contributed by atoms with E-state index in [9.17, 15) is 4.39 Å². The fraction of sp³-hybridized carbons (Fsp3) is 0.316. The van der Waals surface area contributed by atoms with Crippen LogP contribution in [0.5, 0.6) is 0 Å². The van der Waals surface area contributed by atoms with E-state index in [2.05, 4.69) is 17.9 Å². The third-order valence-corrected chi connectivity index (χ3v) is 4.65. The van der Waals surface area contributed by atoms with Crippen molar-refractivity contribution in [3.8, 4) is 6.07 Å². The molecule has 0 bridgehead atoms. The van der Waals surface area contributed by atoms with Crippen molar-refractivity contribution in [2.24, 2.45) is 0 Å². The van der Waals surface area contributed by atoms with Crippen LogP contribution in [0.15, 0.2) is 42.5 Å². The molecular formula is C19H18ClFN2. The average Bonchev–Trinajstić information content (AvgIpc) is 3.39. The first-order valence-corrected chi connectivity index (χ1v) is 8.16. The summed E-state index contributed by atoms with van der Waals surface area (Å²) in [6, 6.07) is 15.1. The van der Waals surface area contributed by atoms with Crippen LogP contribution in [0.3, 0.4) is 0 Å². The van der Waals surface area contributed by atoms with Crippen molar-refractivity contribution >= 4 is 11.6 Å². The highest BCUT2D eigenvalue weighted by Crippen LogP contribution is 2.36. The number of benzene rings is 2. The van der Waals surface area contributed by atoms with Crippen molar-refractivity contribution in [1.82, 2.24) is 4.90 Å². The van der Waals surface area contributed by atoms with E-state index in [1.54, 1.807) is 6.07 Å². The van der Waals surface area contributed by atoms with Gasteiger partial charge in [0.15, 0.2) is 0 Å². The Labute approximate surface area is 141 Å². The predicted molar refractivity (Wildman–Crippen MR) is 89.5 cm³/mol. The molecule has 0 radical (unpaired) electrons. The van der Waals surface area contributed by atoms with Crippen molar-refractivity contribution in [1.29, 1.82) is 5.26 Å². The van der Waals surface area contributed by atoms with E-state index in [1.165, 1.54) is 12.1 Å². The van der Waals surface area contributed by atoms with E-state index in [1.807, 2.05) is 24.3 Å². The van der Waals surface area contributed by atoms with Crippen LogP contribution in [0.2, 0.25) is 5.02 Å². The minimum Gasteiger partial charge on any atom is -0.289 e. The second-order valence-electron chi connectivity index (χ2n) is 6.05. The van der Waals surface area contributed by atoms with Crippen LogP contribution in [0.25, 0.3) is 0 Å². The highest BCUT2D eigenvalue weighted by Gasteiger charge is 2.33. The summed E-state index contributed by atoms with van der Waals surface area (Å²) >= 11 is 5.96. The molecule has 0 aromatic heterocycles. The molecule has 2 aromatic carbocycles. The number of rotatable bonds is 5. The zero-order valence-electron chi connectivity index (χ0n) is 13.0. The van der Waals surface area contributed by atoms with Crippen molar-refractivity contribution in [3.63, 3.8) is 0 Å². The summed E-state index contributed by atoms with van der Waals surface area (Å²) in [4.78, 5) is 2.31. The maximum absolute atomic E-state index is 14.1. The van der Waals surface area contributed by atoms with Crippen LogP contribution in [0, 0.1) is 17.1 Å². The zero-order valence-corrected chi connectivity index (χ0v) is 13.7. The number of hydrogen-bond acceptors (Lipinski definition) is 2. The minimum atomic E-state index is -0.252. The van der Waals surface area contributed by atoms with Gasteiger partial charge in [0, 0.05) is 29.2 Å². The lowest BCUT2D eigenvalue weighted by Gasteiger charge is -2.30. The zero-order chi connectivity index (χ0) is 16.4. The molecule has 23 heavy (non-hydrogen) atoms. The van der Waals surface area contributed by atoms with E-state index in [4.69, 9.17) is 16.9 Å². The summed E-state index contributed by atoms with van der Waals surface area (Å²) in [5, 5.41) is 9.74. The predicted octanol–water partition coefficient (Wildman–Crippen LogP) is 5.08. The highest BCUT2D eigenvalue weighted by atomic mass is 35.5. The lowest BCUT2D eigenvalue weighted by molar-refractivity contribution is 0.188. The molecule has 1 fully saturated rings. The summed E-state index contributed by atoms with van der Waals surface area (Å²) in [5.74, 6) is -0.252. The van der Waals surface area contributed by atoms with Gasteiger partial charge in [0.05, 0.1) is 11.6 Å². The van der Waals surface area contributed by atoms with Gasteiger partial charge in [0.25, 0.3) is 0 Å². The van der Waals surface area contributed by atoms with Crippen molar-refractivity contribution in [2.45, 2.75) is 38.4 Å². The molecule has 0 spiro atoms. The third kappa shape index (κ3) is 3.72. The first-order valence-electron chi connectivity index (χ1n) is 7.78. The Morgan fingerprint density at radius 1 is 1.26 bits per heavy atom. The number of nitriles is 1. The van der Waals surface area contributed by atoms with Crippen LogP contribution in [0.1, 0.15) is 42.5 Å². The average molecular weight is 329 g/mol. The smallest absolute Gasteiger partial charge is 0.127 e. The number of nitrogens with zero attached hydrogens (tertiary/aromatic N) is 2. The van der Waals surface area contributed by atoms with Gasteiger partial charge in [-0.05, 0) is 55.7 Å². The molecule has 3 rings (SSSR count). The highest BCUT2D eigenvalue weighted by molar-refractivity contribution is 6.30. The first kappa shape index (κ1) is 16.0. The fourth-order valence-electron chi connectivity index (χ4n) is 2.88. The molecular weight excluding hydrogens is 311 g/mol. The molecule has 1 aliphatic rings. The van der Waals surface area contributed by atoms with Gasteiger partial charge in [-0.15, -0.1) is 0 Å². The molecule has 0 N–H and O–H groups in total. The van der Waals surface area contributed by atoms with E-state index >= 15 is 0 Å². The van der Waals surface area contributed by atoms with Gasteiger partial charge >= 0.3 is 0 Å². The van der Waals surface area contributed by atoms with Gasteiger partial charge in [-0.2, -0.15) is 5.26 Å². The Morgan fingerprint density at radius 3 is 2.57 bits per heavy atom. The largest absolute Gasteiger partial charge is 0.289 e. The maximum Gasteiger partial charge on any atom is 0.127 e. The van der Waals surface area contributed by atoms with Crippen molar-refractivity contribution < 1.29 is 4.39 Å². The molecule has 2 nitrogen and oxygen atoms in total. The molecule has 118 valence electrons. The molecule has 2 aromatic rings. The van der Waals surface area contributed by atoms with Crippen LogP contribution in [0.4, 0.5) is 4.39 Å². The fourth-order valence-corrected chi connectivity index (χ4v) is 3.01. The number of hydrogen-bond donors (Lipinski definition) is 0. The van der Waals surface area contributed by atoms with Gasteiger partial charge in [0.2, 0.25) is 0 Å². The lowest BCUT2D eigenvalue weighted by Crippen LogP contribution is -2.29. The summed E-state index contributed by atoms with van der Waals surface area (Å²) in [6.07, 6.45) is 2.27. The second kappa shape index (κ2) is 6.70. The van der Waals surface area contributed by atoms with Crippen LogP contribution in [-0.4, -0.2) is 10.9 Å². The van der Waals surface area contributed by atoms with E-state index in [0.717, 1.165) is 18.4 Å². The molecule has 0 saturated heterocycles. The second-order valence-corrected chi connectivity index (χ2v) is 6.49. The molecule has 1 saturated carbocycles. The van der Waals surface area contributed by atoms with Crippen LogP contribution in [-0.2, 0) is 6.54 Å². The molecule has 1 atom stereocenters. The molecule has 1 aliphatic carbocycles. The van der Waals surface area contributed by atoms with E-state index in [-0.39, 0.29) is 11.9 Å². The van der Waals surface area contributed by atoms with Gasteiger partial charge < -0.3 is 0 Å². The summed E-state index contributed by atoms with van der Waals surface area (Å²) < 4.78 is 14.1. The number of halogens is 2. The van der Waals surface area contributed by atoms with Gasteiger partial charge in [-0.1, -0.05) is 23.7 Å². The summed E-state index contributed by atoms with van der Waals surface area (Å²) in [5.41, 5.74) is 2.24. The van der Waals surface area contributed by atoms with Gasteiger partial charge in [-0.25, -0.2) is 4.39 Å². The SMILES string of the molecule is C[C@H](c1ccc(Cl)cc1)N(Cc1cc(C#N)ccc1F)C1CC1. The standard InChI is InChI=1S/C19H18ClFN2/c1-13(15-3-5-17(20)6-4-15)23(18-7-8-18)12-16-10-14(11-22)2-9-19(16)21/h2-6,9-10,13,18H,7-8,12H2,1H3/t13-/m1/s1. The van der Waals surface area contributed by atoms with E-state index in [0.29, 0.717) is 28.7 Å². The van der Waals surface area contributed by atoms with Crippen molar-refractivity contribution in [2.75, 3.05) is 0 Å². The van der Waals surface area contributed by atoms with Crippen molar-refractivity contribution in [3.05, 3.63) is 70.0 Å². The molecule has 0 aliphatic heterocycles. The monoisotopic (exact) mass is 328 g/mol. The third-order valence-electron chi connectivity index (χ3n) is 4.39. The first-order chi connectivity index (χ1) is 11.1. The molecule has 0 unspecified atom stereocenters. The molecule has 0 amide bonds. The Kier molecular flexibility index (Phi) is 4.66. The van der Waals surface area contributed by atoms with Gasteiger partial charge in [0.1, 0.15) is 5.82 Å². The van der Waals surface area contributed by atoms with E-state index < -0.39 is 0 Å². The minimum absolute atomic E-state index is 0.171. The van der Waals surface area contributed by atoms with Gasteiger partial charge in [-0.3, -0.25) is 4.90 Å². The van der Waals surface area contributed by atoms with Crippen LogP contribution < -0.4 is 0 Å². The van der Waals surface area contributed by atoms with Crippen LogP contribution >= 0.6 is 11.6 Å². The normalized spacial score (nSPS) is 15.4. The summed E-state index contributed by atoms with van der Waals surface area (Å²) in [7, 11) is 0. The maximum atomic E-state index is 14.1. The topological polar surface area (TPSA) is 27.0 Å². The molecule has 4 heteroatoms. The molecule has 0 heterocycles.